The number of hydrogen-bond acceptors (Lipinski definition) is 5. The molecule has 22 heavy (non-hydrogen) atoms. The van der Waals surface area contributed by atoms with Gasteiger partial charge in [-0.15, -0.1) is 0 Å². The number of amides is 1. The Balaban J connectivity index is 1.90. The Morgan fingerprint density at radius 2 is 2.14 bits per heavy atom. The highest BCUT2D eigenvalue weighted by Crippen LogP contribution is 2.11. The number of hydrogen-bond donors (Lipinski definition) is 1. The summed E-state index contributed by atoms with van der Waals surface area (Å²) < 4.78 is 1.52. The molecule has 2 aromatic rings. The predicted octanol–water partition coefficient (Wildman–Crippen LogP) is 1.40. The third-order valence-electron chi connectivity index (χ3n) is 3.58. The third-order valence-corrected chi connectivity index (χ3v) is 3.58. The molecule has 0 aromatic carbocycles. The summed E-state index contributed by atoms with van der Waals surface area (Å²) in [6, 6.07) is 3.58. The molecule has 0 radical (unpaired) electrons. The van der Waals surface area contributed by atoms with Gasteiger partial charge in [0, 0.05) is 25.8 Å². The van der Waals surface area contributed by atoms with Crippen LogP contribution in [-0.2, 0) is 11.3 Å². The van der Waals surface area contributed by atoms with Gasteiger partial charge in [-0.3, -0.25) is 4.79 Å². The number of pyridine rings is 1. The summed E-state index contributed by atoms with van der Waals surface area (Å²) in [4.78, 5) is 22.5. The summed E-state index contributed by atoms with van der Waals surface area (Å²) in [7, 11) is 0. The van der Waals surface area contributed by atoms with Crippen molar-refractivity contribution in [2.45, 2.75) is 33.4 Å². The first-order valence-corrected chi connectivity index (χ1v) is 7.47. The van der Waals surface area contributed by atoms with Crippen molar-refractivity contribution in [3.05, 3.63) is 36.5 Å². The van der Waals surface area contributed by atoms with Crippen LogP contribution in [0.3, 0.4) is 0 Å². The second-order valence-corrected chi connectivity index (χ2v) is 4.97. The van der Waals surface area contributed by atoms with E-state index in [1.54, 1.807) is 13.1 Å². The van der Waals surface area contributed by atoms with Crippen LogP contribution in [0, 0.1) is 0 Å². The highest BCUT2D eigenvalue weighted by atomic mass is 16.2. The average molecular weight is 302 g/mol. The van der Waals surface area contributed by atoms with Crippen LogP contribution in [0.15, 0.2) is 31.0 Å². The second-order valence-electron chi connectivity index (χ2n) is 4.97. The second kappa shape index (κ2) is 7.53. The maximum atomic E-state index is 12.1. The van der Waals surface area contributed by atoms with E-state index < -0.39 is 0 Å². The highest BCUT2D eigenvalue weighted by Gasteiger charge is 2.14. The Morgan fingerprint density at radius 3 is 2.68 bits per heavy atom. The molecule has 2 rings (SSSR count). The molecule has 2 heterocycles. The fraction of sp³-hybridized carbons (Fsp3) is 0.467. The van der Waals surface area contributed by atoms with Gasteiger partial charge in [0.1, 0.15) is 24.5 Å². The number of carbonyl (C=O) groups is 1. The summed E-state index contributed by atoms with van der Waals surface area (Å²) in [6.45, 7) is 8.29. The smallest absolute Gasteiger partial charge is 0.244 e. The standard InChI is InChI=1S/C15H22N6O/c1-4-20(5-2)14-7-6-13(8-17-14)9-18-15(22)12(3)21-11-16-10-19-21/h6-8,10-12H,4-5,9H2,1-3H3,(H,18,22). The van der Waals surface area contributed by atoms with E-state index in [0.717, 1.165) is 24.5 Å². The van der Waals surface area contributed by atoms with Crippen molar-refractivity contribution >= 4 is 11.7 Å². The van der Waals surface area contributed by atoms with Gasteiger partial charge in [-0.2, -0.15) is 5.10 Å². The van der Waals surface area contributed by atoms with E-state index in [2.05, 4.69) is 39.1 Å². The Morgan fingerprint density at radius 1 is 1.36 bits per heavy atom. The van der Waals surface area contributed by atoms with Crippen LogP contribution < -0.4 is 10.2 Å². The van der Waals surface area contributed by atoms with Crippen molar-refractivity contribution < 1.29 is 4.79 Å². The van der Waals surface area contributed by atoms with Crippen molar-refractivity contribution in [1.29, 1.82) is 0 Å². The summed E-state index contributed by atoms with van der Waals surface area (Å²) >= 11 is 0. The van der Waals surface area contributed by atoms with E-state index in [-0.39, 0.29) is 11.9 Å². The molecule has 1 unspecified atom stereocenters. The molecule has 0 spiro atoms. The molecule has 1 atom stereocenters. The van der Waals surface area contributed by atoms with Gasteiger partial charge in [-0.1, -0.05) is 6.07 Å². The largest absolute Gasteiger partial charge is 0.357 e. The molecule has 0 fully saturated rings. The topological polar surface area (TPSA) is 75.9 Å². The van der Waals surface area contributed by atoms with Gasteiger partial charge in [0.25, 0.3) is 0 Å². The van der Waals surface area contributed by atoms with Crippen LogP contribution >= 0.6 is 0 Å². The molecule has 0 aliphatic rings. The quantitative estimate of drug-likeness (QED) is 0.836. The number of aromatic nitrogens is 4. The Kier molecular flexibility index (Phi) is 5.46. The fourth-order valence-electron chi connectivity index (χ4n) is 2.13. The van der Waals surface area contributed by atoms with Gasteiger partial charge in [0.05, 0.1) is 0 Å². The lowest BCUT2D eigenvalue weighted by atomic mass is 10.2. The van der Waals surface area contributed by atoms with E-state index in [1.807, 2.05) is 12.1 Å². The molecule has 1 N–H and O–H groups in total. The van der Waals surface area contributed by atoms with Gasteiger partial charge in [0.2, 0.25) is 5.91 Å². The first-order valence-electron chi connectivity index (χ1n) is 7.47. The molecule has 0 aliphatic carbocycles. The molecular formula is C15H22N6O. The molecule has 0 saturated heterocycles. The van der Waals surface area contributed by atoms with Crippen LogP contribution in [0.1, 0.15) is 32.4 Å². The SMILES string of the molecule is CCN(CC)c1ccc(CNC(=O)C(C)n2cncn2)cn1. The molecular weight excluding hydrogens is 280 g/mol. The zero-order valence-corrected chi connectivity index (χ0v) is 13.2. The number of carbonyl (C=O) groups excluding carboxylic acids is 1. The zero-order valence-electron chi connectivity index (χ0n) is 13.2. The van der Waals surface area contributed by atoms with Crippen molar-refractivity contribution in [1.82, 2.24) is 25.1 Å². The molecule has 7 heteroatoms. The molecule has 0 saturated carbocycles. The van der Waals surface area contributed by atoms with Crippen molar-refractivity contribution in [3.63, 3.8) is 0 Å². The number of nitrogens with one attached hydrogen (secondary N) is 1. The minimum Gasteiger partial charge on any atom is -0.357 e. The minimum absolute atomic E-state index is 0.0988. The van der Waals surface area contributed by atoms with E-state index in [0.29, 0.717) is 6.54 Å². The van der Waals surface area contributed by atoms with Crippen molar-refractivity contribution in [2.24, 2.45) is 0 Å². The zero-order chi connectivity index (χ0) is 15.9. The van der Waals surface area contributed by atoms with Crippen LogP contribution in [0.5, 0.6) is 0 Å². The van der Waals surface area contributed by atoms with Crippen LogP contribution in [-0.4, -0.2) is 38.7 Å². The van der Waals surface area contributed by atoms with Gasteiger partial charge >= 0.3 is 0 Å². The molecule has 1 amide bonds. The first kappa shape index (κ1) is 15.9. The monoisotopic (exact) mass is 302 g/mol. The van der Waals surface area contributed by atoms with Gasteiger partial charge in [0.15, 0.2) is 0 Å². The maximum Gasteiger partial charge on any atom is 0.244 e. The van der Waals surface area contributed by atoms with Crippen LogP contribution in [0.4, 0.5) is 5.82 Å². The Labute approximate surface area is 130 Å². The van der Waals surface area contributed by atoms with Crippen LogP contribution in [0.2, 0.25) is 0 Å². The maximum absolute atomic E-state index is 12.1. The van der Waals surface area contributed by atoms with Crippen molar-refractivity contribution in [2.75, 3.05) is 18.0 Å². The molecule has 0 bridgehead atoms. The third kappa shape index (κ3) is 3.81. The number of anilines is 1. The normalized spacial score (nSPS) is 12.0. The molecule has 2 aromatic heterocycles. The lowest BCUT2D eigenvalue weighted by Gasteiger charge is -2.19. The molecule has 118 valence electrons. The highest BCUT2D eigenvalue weighted by molar-refractivity contribution is 5.79. The van der Waals surface area contributed by atoms with Crippen molar-refractivity contribution in [3.8, 4) is 0 Å². The summed E-state index contributed by atoms with van der Waals surface area (Å²) in [5.74, 6) is 0.856. The Bertz CT molecular complexity index is 577. The molecule has 0 aliphatic heterocycles. The Hall–Kier alpha value is -2.44. The van der Waals surface area contributed by atoms with E-state index in [4.69, 9.17) is 0 Å². The van der Waals surface area contributed by atoms with Gasteiger partial charge < -0.3 is 10.2 Å². The summed E-state index contributed by atoms with van der Waals surface area (Å²) in [5.41, 5.74) is 0.968. The molecule has 7 nitrogen and oxygen atoms in total. The van der Waals surface area contributed by atoms with E-state index in [9.17, 15) is 4.79 Å². The van der Waals surface area contributed by atoms with E-state index >= 15 is 0 Å². The minimum atomic E-state index is -0.384. The van der Waals surface area contributed by atoms with Gasteiger partial charge in [-0.05, 0) is 32.4 Å². The number of nitrogens with zero attached hydrogens (tertiary/aromatic N) is 5. The summed E-state index contributed by atoms with van der Waals surface area (Å²) in [5, 5.41) is 6.85. The average Bonchev–Trinajstić information content (AvgIpc) is 3.08. The first-order chi connectivity index (χ1) is 10.7. The summed E-state index contributed by atoms with van der Waals surface area (Å²) in [6.07, 6.45) is 4.75. The predicted molar refractivity (Wildman–Crippen MR) is 84.4 cm³/mol. The van der Waals surface area contributed by atoms with Gasteiger partial charge in [-0.25, -0.2) is 14.6 Å². The number of rotatable bonds is 7. The van der Waals surface area contributed by atoms with Crippen LogP contribution in [0.25, 0.3) is 0 Å². The fourth-order valence-corrected chi connectivity index (χ4v) is 2.13. The lowest BCUT2D eigenvalue weighted by Crippen LogP contribution is -2.31. The lowest BCUT2D eigenvalue weighted by molar-refractivity contribution is -0.124. The van der Waals surface area contributed by atoms with E-state index in [1.165, 1.54) is 17.3 Å².